The molecule has 0 aliphatic heterocycles. The van der Waals surface area contributed by atoms with Crippen LogP contribution in [0.15, 0.2) is 24.3 Å². The van der Waals surface area contributed by atoms with Crippen LogP contribution >= 0.6 is 11.3 Å². The van der Waals surface area contributed by atoms with Crippen molar-refractivity contribution in [2.75, 3.05) is 25.5 Å². The average Bonchev–Trinajstić information content (AvgIpc) is 3.11. The highest BCUT2D eigenvalue weighted by molar-refractivity contribution is 7.15. The first-order valence-corrected chi connectivity index (χ1v) is 10.1. The fourth-order valence-corrected chi connectivity index (χ4v) is 4.44. The zero-order valence-electron chi connectivity index (χ0n) is 15.9. The molecule has 144 valence electrons. The Morgan fingerprint density at radius 3 is 2.59 bits per heavy atom. The van der Waals surface area contributed by atoms with E-state index >= 15 is 0 Å². The van der Waals surface area contributed by atoms with E-state index in [4.69, 9.17) is 4.74 Å². The first kappa shape index (κ1) is 19.4. The van der Waals surface area contributed by atoms with E-state index in [2.05, 4.69) is 10.3 Å². The van der Waals surface area contributed by atoms with Gasteiger partial charge in [0.1, 0.15) is 5.75 Å². The van der Waals surface area contributed by atoms with E-state index in [1.165, 1.54) is 11.3 Å². The molecule has 1 aliphatic rings. The first-order chi connectivity index (χ1) is 13.1. The van der Waals surface area contributed by atoms with E-state index < -0.39 is 0 Å². The zero-order chi connectivity index (χ0) is 19.4. The molecule has 0 fully saturated rings. The predicted octanol–water partition coefficient (Wildman–Crippen LogP) is 3.69. The number of fused-ring (bicyclic) bond motifs is 1. The van der Waals surface area contributed by atoms with Crippen molar-refractivity contribution in [3.05, 3.63) is 40.4 Å². The molecule has 1 N–H and O–H groups in total. The van der Waals surface area contributed by atoms with E-state index in [1.54, 1.807) is 31.4 Å². The number of rotatable bonds is 6. The number of anilines is 1. The summed E-state index contributed by atoms with van der Waals surface area (Å²) in [6.07, 6.45) is 2.70. The van der Waals surface area contributed by atoms with E-state index in [-0.39, 0.29) is 17.7 Å². The minimum atomic E-state index is -0.213. The normalized spacial score (nSPS) is 15.7. The molecule has 2 aromatic rings. The lowest BCUT2D eigenvalue weighted by atomic mass is 9.90. The Morgan fingerprint density at radius 1 is 1.26 bits per heavy atom. The van der Waals surface area contributed by atoms with Crippen LogP contribution in [0.4, 0.5) is 5.13 Å². The molecule has 0 bridgehead atoms. The maximum Gasteiger partial charge on any atom is 0.257 e. The molecular weight excluding hydrogens is 362 g/mol. The fourth-order valence-electron chi connectivity index (χ4n) is 3.38. The summed E-state index contributed by atoms with van der Waals surface area (Å²) in [6.45, 7) is 5.39. The van der Waals surface area contributed by atoms with Gasteiger partial charge in [0.05, 0.1) is 18.7 Å². The minimum Gasteiger partial charge on any atom is -0.497 e. The summed E-state index contributed by atoms with van der Waals surface area (Å²) in [6, 6.07) is 6.93. The number of benzene rings is 1. The molecule has 3 rings (SSSR count). The van der Waals surface area contributed by atoms with Crippen molar-refractivity contribution in [3.8, 4) is 5.75 Å². The fraction of sp³-hybridized carbons (Fsp3) is 0.450. The van der Waals surface area contributed by atoms with Gasteiger partial charge in [-0.25, -0.2) is 4.98 Å². The molecule has 0 radical (unpaired) electrons. The van der Waals surface area contributed by atoms with Gasteiger partial charge >= 0.3 is 0 Å². The van der Waals surface area contributed by atoms with Crippen LogP contribution in [-0.2, 0) is 11.2 Å². The van der Waals surface area contributed by atoms with Gasteiger partial charge in [-0.05, 0) is 57.4 Å². The van der Waals surface area contributed by atoms with Gasteiger partial charge in [0.25, 0.3) is 5.91 Å². The van der Waals surface area contributed by atoms with Gasteiger partial charge in [-0.1, -0.05) is 0 Å². The molecule has 1 atom stereocenters. The third-order valence-electron chi connectivity index (χ3n) is 4.90. The van der Waals surface area contributed by atoms with Crippen LogP contribution in [0, 0.1) is 0 Å². The number of carbonyl (C=O) groups is 2. The van der Waals surface area contributed by atoms with Gasteiger partial charge in [0, 0.05) is 23.5 Å². The van der Waals surface area contributed by atoms with Crippen molar-refractivity contribution < 1.29 is 14.3 Å². The molecule has 27 heavy (non-hydrogen) atoms. The molecule has 0 spiro atoms. The molecule has 1 aromatic carbocycles. The summed E-state index contributed by atoms with van der Waals surface area (Å²) in [4.78, 5) is 32.9. The molecule has 1 heterocycles. The van der Waals surface area contributed by atoms with Crippen molar-refractivity contribution in [3.63, 3.8) is 0 Å². The summed E-state index contributed by atoms with van der Waals surface area (Å²) in [7, 11) is 1.59. The lowest BCUT2D eigenvalue weighted by molar-refractivity contribution is -0.132. The Morgan fingerprint density at radius 2 is 1.96 bits per heavy atom. The molecule has 1 aliphatic carbocycles. The van der Waals surface area contributed by atoms with Gasteiger partial charge in [-0.3, -0.25) is 14.9 Å². The second kappa shape index (κ2) is 8.52. The van der Waals surface area contributed by atoms with Crippen molar-refractivity contribution in [1.82, 2.24) is 9.88 Å². The quantitative estimate of drug-likeness (QED) is 0.820. The van der Waals surface area contributed by atoms with Gasteiger partial charge in [0.2, 0.25) is 5.91 Å². The van der Waals surface area contributed by atoms with Crippen molar-refractivity contribution >= 4 is 28.3 Å². The van der Waals surface area contributed by atoms with Gasteiger partial charge in [-0.15, -0.1) is 11.3 Å². The van der Waals surface area contributed by atoms with Crippen LogP contribution in [0.2, 0.25) is 0 Å². The smallest absolute Gasteiger partial charge is 0.257 e. The molecular formula is C20H25N3O3S. The van der Waals surface area contributed by atoms with Gasteiger partial charge in [0.15, 0.2) is 5.13 Å². The summed E-state index contributed by atoms with van der Waals surface area (Å²) in [5, 5.41) is 3.43. The average molecular weight is 388 g/mol. The Kier molecular flexibility index (Phi) is 6.11. The number of nitrogens with one attached hydrogen (secondary N) is 1. The third kappa shape index (κ3) is 4.13. The zero-order valence-corrected chi connectivity index (χ0v) is 16.8. The molecule has 1 aromatic heterocycles. The molecule has 0 saturated heterocycles. The van der Waals surface area contributed by atoms with Crippen LogP contribution in [0.5, 0.6) is 5.75 Å². The highest BCUT2D eigenvalue weighted by Crippen LogP contribution is 2.37. The van der Waals surface area contributed by atoms with E-state index in [0.29, 0.717) is 29.5 Å². The highest BCUT2D eigenvalue weighted by Gasteiger charge is 2.32. The number of likely N-dealkylation sites (N-methyl/N-ethyl adjacent to an activating group) is 1. The summed E-state index contributed by atoms with van der Waals surface area (Å²) in [5.74, 6) is 0.431. The number of ether oxygens (including phenoxy) is 1. The standard InChI is InChI=1S/C20H25N3O3S/c1-4-23(5-2)19(25)15-7-6-8-16-17(15)21-20(27-16)22-18(24)13-9-11-14(26-3)12-10-13/h9-12,15H,4-8H2,1-3H3,(H,21,22,24). The van der Waals surface area contributed by atoms with Crippen LogP contribution in [0.25, 0.3) is 0 Å². The summed E-state index contributed by atoms with van der Waals surface area (Å²) >= 11 is 1.48. The molecule has 6 nitrogen and oxygen atoms in total. The Bertz CT molecular complexity index is 812. The molecule has 1 unspecified atom stereocenters. The SMILES string of the molecule is CCN(CC)C(=O)C1CCCc2sc(NC(=O)c3ccc(OC)cc3)nc21. The molecule has 7 heteroatoms. The number of thiazole rings is 1. The van der Waals surface area contributed by atoms with E-state index in [9.17, 15) is 9.59 Å². The minimum absolute atomic E-state index is 0.138. The monoisotopic (exact) mass is 387 g/mol. The maximum atomic E-state index is 12.8. The number of amides is 2. The first-order valence-electron chi connectivity index (χ1n) is 9.31. The number of hydrogen-bond donors (Lipinski definition) is 1. The topological polar surface area (TPSA) is 71.5 Å². The van der Waals surface area contributed by atoms with Crippen LogP contribution in [0.3, 0.4) is 0 Å². The number of hydrogen-bond acceptors (Lipinski definition) is 5. The molecule has 2 amide bonds. The largest absolute Gasteiger partial charge is 0.497 e. The third-order valence-corrected chi connectivity index (χ3v) is 5.95. The summed E-state index contributed by atoms with van der Waals surface area (Å²) < 4.78 is 5.12. The number of carbonyl (C=O) groups excluding carboxylic acids is 2. The van der Waals surface area contributed by atoms with Crippen LogP contribution < -0.4 is 10.1 Å². The van der Waals surface area contributed by atoms with Crippen molar-refractivity contribution in [1.29, 1.82) is 0 Å². The van der Waals surface area contributed by atoms with Crippen molar-refractivity contribution in [2.24, 2.45) is 0 Å². The Hall–Kier alpha value is -2.41. The van der Waals surface area contributed by atoms with Gasteiger partial charge < -0.3 is 9.64 Å². The molecule has 0 saturated carbocycles. The number of aromatic nitrogens is 1. The summed E-state index contributed by atoms with van der Waals surface area (Å²) in [5.41, 5.74) is 1.38. The lowest BCUT2D eigenvalue weighted by Gasteiger charge is -2.27. The highest BCUT2D eigenvalue weighted by atomic mass is 32.1. The number of methoxy groups -OCH3 is 1. The number of aryl methyl sites for hydroxylation is 1. The van der Waals surface area contributed by atoms with Crippen molar-refractivity contribution in [2.45, 2.75) is 39.0 Å². The Balaban J connectivity index is 1.77. The van der Waals surface area contributed by atoms with E-state index in [1.807, 2.05) is 18.7 Å². The van der Waals surface area contributed by atoms with E-state index in [0.717, 1.165) is 29.8 Å². The second-order valence-electron chi connectivity index (χ2n) is 6.47. The van der Waals surface area contributed by atoms with Crippen LogP contribution in [-0.4, -0.2) is 41.9 Å². The number of nitrogens with zero attached hydrogens (tertiary/aromatic N) is 2. The Labute approximate surface area is 163 Å². The predicted molar refractivity (Wildman–Crippen MR) is 107 cm³/mol. The lowest BCUT2D eigenvalue weighted by Crippen LogP contribution is -2.36. The van der Waals surface area contributed by atoms with Crippen LogP contribution in [0.1, 0.15) is 53.5 Å². The van der Waals surface area contributed by atoms with Gasteiger partial charge in [-0.2, -0.15) is 0 Å². The maximum absolute atomic E-state index is 12.8. The second-order valence-corrected chi connectivity index (χ2v) is 7.55.